The lowest BCUT2D eigenvalue weighted by Crippen LogP contribution is -2.67. The lowest BCUT2D eigenvalue weighted by molar-refractivity contribution is -0.0662. The highest BCUT2D eigenvalue weighted by molar-refractivity contribution is 6.99. The lowest BCUT2D eigenvalue weighted by atomic mass is 10.1. The molecule has 232 valence electrons. The Hall–Kier alpha value is -2.97. The predicted octanol–water partition coefficient (Wildman–Crippen LogP) is 6.91. The Labute approximate surface area is 259 Å². The van der Waals surface area contributed by atoms with Crippen molar-refractivity contribution in [1.29, 1.82) is 0 Å². The van der Waals surface area contributed by atoms with Crippen molar-refractivity contribution in [3.63, 3.8) is 0 Å². The second-order valence-corrected chi connectivity index (χ2v) is 18.2. The molecule has 1 amide bonds. The number of carbonyl (C=O) groups is 1. The van der Waals surface area contributed by atoms with Gasteiger partial charge in [0.1, 0.15) is 11.3 Å². The highest BCUT2D eigenvalue weighted by atomic mass is 28.4. The highest BCUT2D eigenvalue weighted by Gasteiger charge is 2.51. The van der Waals surface area contributed by atoms with Crippen molar-refractivity contribution in [3.05, 3.63) is 96.6 Å². The van der Waals surface area contributed by atoms with Crippen molar-refractivity contribution in [1.82, 2.24) is 4.90 Å². The molecule has 6 nitrogen and oxygen atoms in total. The van der Waals surface area contributed by atoms with Gasteiger partial charge in [-0.25, -0.2) is 4.79 Å². The molecule has 0 saturated carbocycles. The van der Waals surface area contributed by atoms with Crippen molar-refractivity contribution in [2.75, 3.05) is 13.2 Å². The molecule has 43 heavy (non-hydrogen) atoms. The number of nitrogens with zero attached hydrogens (tertiary/aromatic N) is 1. The van der Waals surface area contributed by atoms with Crippen LogP contribution in [0.4, 0.5) is 4.79 Å². The standard InChI is InChI=1S/C36H49NO5Si/c1-34(2,3)42-33(38)37-29(26-40-36(37,7)8)24-30(39-25-28-18-12-9-13-19-28)27-41-43(35(4,5)6,31-20-14-10-15-21-31)32-22-16-11-17-23-32/h9-23,29-30H,24-27H2,1-8H3/t29-,30-/m0/s1. The number of rotatable bonds is 10. The van der Waals surface area contributed by atoms with Crippen LogP contribution < -0.4 is 10.4 Å². The summed E-state index contributed by atoms with van der Waals surface area (Å²) >= 11 is 0. The summed E-state index contributed by atoms with van der Waals surface area (Å²) in [5.74, 6) is 0. The molecule has 7 heteroatoms. The van der Waals surface area contributed by atoms with Gasteiger partial charge < -0.3 is 18.6 Å². The van der Waals surface area contributed by atoms with E-state index in [0.717, 1.165) is 5.56 Å². The number of ether oxygens (including phenoxy) is 3. The van der Waals surface area contributed by atoms with Crippen molar-refractivity contribution >= 4 is 24.8 Å². The van der Waals surface area contributed by atoms with Crippen LogP contribution in [0.15, 0.2) is 91.0 Å². The third kappa shape index (κ3) is 7.95. The number of benzene rings is 3. The number of hydrogen-bond donors (Lipinski definition) is 0. The van der Waals surface area contributed by atoms with Crippen LogP contribution in [0.1, 0.15) is 67.4 Å². The number of carbonyl (C=O) groups excluding carboxylic acids is 1. The molecule has 0 aromatic heterocycles. The summed E-state index contributed by atoms with van der Waals surface area (Å²) in [6.45, 7) is 17.5. The maximum absolute atomic E-state index is 13.4. The van der Waals surface area contributed by atoms with Crippen LogP contribution in [0.5, 0.6) is 0 Å². The van der Waals surface area contributed by atoms with E-state index < -0.39 is 19.6 Å². The Balaban J connectivity index is 1.67. The molecule has 0 aliphatic carbocycles. The lowest BCUT2D eigenvalue weighted by Gasteiger charge is -2.44. The van der Waals surface area contributed by atoms with E-state index in [1.54, 1.807) is 4.90 Å². The van der Waals surface area contributed by atoms with Gasteiger partial charge in [0.15, 0.2) is 0 Å². The minimum absolute atomic E-state index is 0.166. The second kappa shape index (κ2) is 13.3. The Morgan fingerprint density at radius 2 is 1.40 bits per heavy atom. The van der Waals surface area contributed by atoms with E-state index in [1.165, 1.54) is 10.4 Å². The minimum Gasteiger partial charge on any atom is -0.444 e. The van der Waals surface area contributed by atoms with Gasteiger partial charge in [-0.1, -0.05) is 112 Å². The first-order chi connectivity index (χ1) is 20.2. The van der Waals surface area contributed by atoms with Crippen molar-refractivity contribution < 1.29 is 23.4 Å². The van der Waals surface area contributed by atoms with Crippen LogP contribution in [0.25, 0.3) is 0 Å². The third-order valence-electron chi connectivity index (χ3n) is 7.93. The van der Waals surface area contributed by atoms with E-state index in [0.29, 0.717) is 26.2 Å². The maximum Gasteiger partial charge on any atom is 0.412 e. The van der Waals surface area contributed by atoms with E-state index >= 15 is 0 Å². The summed E-state index contributed by atoms with van der Waals surface area (Å²) in [7, 11) is -2.79. The molecular weight excluding hydrogens is 554 g/mol. The first kappa shape index (κ1) is 32.9. The molecule has 1 aliphatic rings. The zero-order valence-electron chi connectivity index (χ0n) is 27.1. The molecule has 2 atom stereocenters. The van der Waals surface area contributed by atoms with Gasteiger partial charge in [-0.05, 0) is 62.0 Å². The molecule has 0 spiro atoms. The van der Waals surface area contributed by atoms with Crippen LogP contribution in [0, 0.1) is 0 Å². The van der Waals surface area contributed by atoms with Gasteiger partial charge in [-0.2, -0.15) is 0 Å². The zero-order chi connectivity index (χ0) is 31.3. The van der Waals surface area contributed by atoms with Gasteiger partial charge in [0.2, 0.25) is 0 Å². The Morgan fingerprint density at radius 3 is 1.88 bits per heavy atom. The van der Waals surface area contributed by atoms with E-state index in [1.807, 2.05) is 52.8 Å². The molecule has 0 bridgehead atoms. The Kier molecular flexibility index (Phi) is 10.2. The molecule has 0 radical (unpaired) electrons. The quantitative estimate of drug-likeness (QED) is 0.236. The van der Waals surface area contributed by atoms with Crippen LogP contribution >= 0.6 is 0 Å². The van der Waals surface area contributed by atoms with Gasteiger partial charge in [0, 0.05) is 0 Å². The largest absolute Gasteiger partial charge is 0.444 e. The average molecular weight is 604 g/mol. The minimum atomic E-state index is -2.79. The SMILES string of the molecule is CC(C)(C)OC(=O)N1[C@@H](C[C@@H](CO[Si](c2ccccc2)(c2ccccc2)C(C)(C)C)OCc2ccccc2)COC1(C)C. The van der Waals surface area contributed by atoms with E-state index in [4.69, 9.17) is 18.6 Å². The monoisotopic (exact) mass is 603 g/mol. The van der Waals surface area contributed by atoms with Gasteiger partial charge in [0.05, 0.1) is 32.0 Å². The predicted molar refractivity (Wildman–Crippen MR) is 175 cm³/mol. The van der Waals surface area contributed by atoms with Gasteiger partial charge in [-0.15, -0.1) is 0 Å². The molecular formula is C36H49NO5Si. The fourth-order valence-electron chi connectivity index (χ4n) is 5.99. The first-order valence-corrected chi connectivity index (χ1v) is 17.2. The van der Waals surface area contributed by atoms with Gasteiger partial charge in [0.25, 0.3) is 8.32 Å². The van der Waals surface area contributed by atoms with Crippen LogP contribution in [0.2, 0.25) is 5.04 Å². The molecule has 3 aromatic carbocycles. The van der Waals surface area contributed by atoms with Crippen LogP contribution in [-0.2, 0) is 25.2 Å². The fraction of sp³-hybridized carbons (Fsp3) is 0.472. The summed E-state index contributed by atoms with van der Waals surface area (Å²) in [4.78, 5) is 15.2. The average Bonchev–Trinajstić information content (AvgIpc) is 3.25. The third-order valence-corrected chi connectivity index (χ3v) is 12.9. The van der Waals surface area contributed by atoms with Crippen molar-refractivity contribution in [3.8, 4) is 0 Å². The van der Waals surface area contributed by atoms with Crippen molar-refractivity contribution in [2.45, 2.75) is 96.9 Å². The molecule has 1 saturated heterocycles. The van der Waals surface area contributed by atoms with E-state index in [2.05, 4.69) is 93.6 Å². The van der Waals surface area contributed by atoms with Crippen molar-refractivity contribution in [2.24, 2.45) is 0 Å². The maximum atomic E-state index is 13.4. The van der Waals surface area contributed by atoms with Gasteiger partial charge in [-0.3, -0.25) is 4.90 Å². The molecule has 1 fully saturated rings. The topological polar surface area (TPSA) is 57.2 Å². The Morgan fingerprint density at radius 1 is 0.884 bits per heavy atom. The Bertz CT molecular complexity index is 1260. The highest BCUT2D eigenvalue weighted by Crippen LogP contribution is 2.38. The van der Waals surface area contributed by atoms with Gasteiger partial charge >= 0.3 is 6.09 Å². The van der Waals surface area contributed by atoms with Crippen LogP contribution in [-0.4, -0.2) is 56.0 Å². The second-order valence-electron chi connectivity index (χ2n) is 13.9. The number of amides is 1. The smallest absolute Gasteiger partial charge is 0.412 e. The summed E-state index contributed by atoms with van der Waals surface area (Å²) in [6.07, 6.45) is -0.128. The first-order valence-electron chi connectivity index (χ1n) is 15.3. The molecule has 0 N–H and O–H groups in total. The molecule has 1 heterocycles. The fourth-order valence-corrected chi connectivity index (χ4v) is 10.6. The summed E-state index contributed by atoms with van der Waals surface area (Å²) < 4.78 is 25.9. The molecule has 0 unspecified atom stereocenters. The van der Waals surface area contributed by atoms with Crippen LogP contribution in [0.3, 0.4) is 0 Å². The van der Waals surface area contributed by atoms with E-state index in [9.17, 15) is 4.79 Å². The summed E-state index contributed by atoms with van der Waals surface area (Å²) in [5, 5.41) is 2.27. The molecule has 1 aliphatic heterocycles. The normalized spacial score (nSPS) is 18.0. The van der Waals surface area contributed by atoms with E-state index in [-0.39, 0.29) is 23.3 Å². The molecule has 3 aromatic rings. The zero-order valence-corrected chi connectivity index (χ0v) is 28.1. The summed E-state index contributed by atoms with van der Waals surface area (Å²) in [5.41, 5.74) is -0.323. The summed E-state index contributed by atoms with van der Waals surface area (Å²) in [6, 6.07) is 31.2. The number of hydrogen-bond acceptors (Lipinski definition) is 5. The molecule has 4 rings (SSSR count).